The van der Waals surface area contributed by atoms with E-state index in [0.29, 0.717) is 25.4 Å². The van der Waals surface area contributed by atoms with Crippen LogP contribution in [0.2, 0.25) is 0 Å². The van der Waals surface area contributed by atoms with Crippen molar-refractivity contribution in [3.8, 4) is 0 Å². The second-order valence-corrected chi connectivity index (χ2v) is 7.00. The Morgan fingerprint density at radius 3 is 2.61 bits per heavy atom. The number of carbonyl (C=O) groups excluding carboxylic acids is 1. The number of amides is 1. The quantitative estimate of drug-likeness (QED) is 0.868. The van der Waals surface area contributed by atoms with E-state index >= 15 is 0 Å². The molecule has 1 aliphatic carbocycles. The predicted molar refractivity (Wildman–Crippen MR) is 84.9 cm³/mol. The van der Waals surface area contributed by atoms with Crippen LogP contribution in [0.5, 0.6) is 0 Å². The minimum absolute atomic E-state index is 0.0842. The molecule has 1 aromatic rings. The molecule has 1 amide bonds. The third-order valence-electron chi connectivity index (χ3n) is 5.13. The highest BCUT2D eigenvalue weighted by Crippen LogP contribution is 2.44. The summed E-state index contributed by atoms with van der Waals surface area (Å²) in [4.78, 5) is 25.6. The fraction of sp³-hybridized carbons (Fsp3) is 0.706. The fourth-order valence-corrected chi connectivity index (χ4v) is 3.74. The average molecular weight is 319 g/mol. The highest BCUT2D eigenvalue weighted by atomic mass is 16.4. The zero-order valence-electron chi connectivity index (χ0n) is 13.9. The number of hydrogen-bond acceptors (Lipinski definition) is 3. The molecule has 0 aromatic carbocycles. The molecular weight excluding hydrogens is 294 g/mol. The van der Waals surface area contributed by atoms with Crippen molar-refractivity contribution in [3.05, 3.63) is 17.5 Å². The Kier molecular flexibility index (Phi) is 4.41. The van der Waals surface area contributed by atoms with Crippen molar-refractivity contribution in [1.29, 1.82) is 0 Å². The van der Waals surface area contributed by atoms with E-state index in [2.05, 4.69) is 5.10 Å². The lowest BCUT2D eigenvalue weighted by molar-refractivity contribution is -0.142. The number of nitrogens with zero attached hydrogens (tertiary/aromatic N) is 3. The lowest BCUT2D eigenvalue weighted by Crippen LogP contribution is -2.30. The first-order chi connectivity index (χ1) is 11.0. The first-order valence-corrected chi connectivity index (χ1v) is 8.47. The fourth-order valence-electron chi connectivity index (χ4n) is 3.74. The normalized spacial score (nSPS) is 24.2. The van der Waals surface area contributed by atoms with Gasteiger partial charge in [-0.25, -0.2) is 0 Å². The van der Waals surface area contributed by atoms with E-state index in [1.54, 1.807) is 4.90 Å². The number of rotatable bonds is 6. The highest BCUT2D eigenvalue weighted by molar-refractivity contribution is 5.79. The molecule has 2 heterocycles. The molecule has 0 radical (unpaired) electrons. The Morgan fingerprint density at radius 1 is 1.30 bits per heavy atom. The van der Waals surface area contributed by atoms with Gasteiger partial charge in [-0.05, 0) is 51.0 Å². The van der Waals surface area contributed by atoms with E-state index in [1.165, 1.54) is 0 Å². The van der Waals surface area contributed by atoms with E-state index in [0.717, 1.165) is 37.2 Å². The minimum atomic E-state index is -0.750. The maximum absolute atomic E-state index is 12.4. The number of carbonyl (C=O) groups is 2. The molecule has 6 nitrogen and oxygen atoms in total. The van der Waals surface area contributed by atoms with Crippen LogP contribution in [0, 0.1) is 31.6 Å². The number of aromatic nitrogens is 2. The van der Waals surface area contributed by atoms with Crippen molar-refractivity contribution in [2.45, 2.75) is 46.1 Å². The van der Waals surface area contributed by atoms with Gasteiger partial charge in [0.25, 0.3) is 0 Å². The Hall–Kier alpha value is -1.85. The van der Waals surface area contributed by atoms with Gasteiger partial charge in [-0.2, -0.15) is 5.10 Å². The Labute approximate surface area is 136 Å². The summed E-state index contributed by atoms with van der Waals surface area (Å²) in [5, 5.41) is 13.8. The molecule has 1 N–H and O–H groups in total. The van der Waals surface area contributed by atoms with Crippen molar-refractivity contribution in [3.63, 3.8) is 0 Å². The van der Waals surface area contributed by atoms with Crippen molar-refractivity contribution in [2.24, 2.45) is 17.8 Å². The summed E-state index contributed by atoms with van der Waals surface area (Å²) in [5.41, 5.74) is 2.10. The van der Waals surface area contributed by atoms with Gasteiger partial charge in [0.05, 0.1) is 11.6 Å². The maximum atomic E-state index is 12.4. The molecule has 23 heavy (non-hydrogen) atoms. The number of hydrogen-bond donors (Lipinski definition) is 1. The Balaban J connectivity index is 1.50. The van der Waals surface area contributed by atoms with E-state index in [9.17, 15) is 14.7 Å². The largest absolute Gasteiger partial charge is 0.481 e. The van der Waals surface area contributed by atoms with E-state index < -0.39 is 5.97 Å². The summed E-state index contributed by atoms with van der Waals surface area (Å²) < 4.78 is 1.93. The lowest BCUT2D eigenvalue weighted by Gasteiger charge is -2.16. The lowest BCUT2D eigenvalue weighted by atomic mass is 9.92. The maximum Gasteiger partial charge on any atom is 0.308 e. The second kappa shape index (κ2) is 6.34. The molecule has 0 bridgehead atoms. The van der Waals surface area contributed by atoms with Gasteiger partial charge in [-0.15, -0.1) is 0 Å². The van der Waals surface area contributed by atoms with Gasteiger partial charge in [-0.3, -0.25) is 14.3 Å². The summed E-state index contributed by atoms with van der Waals surface area (Å²) in [5.74, 6) is -0.362. The monoisotopic (exact) mass is 319 g/mol. The first kappa shape index (κ1) is 16.0. The molecule has 2 fully saturated rings. The van der Waals surface area contributed by atoms with Gasteiger partial charge >= 0.3 is 5.97 Å². The van der Waals surface area contributed by atoms with Crippen LogP contribution in [0.4, 0.5) is 0 Å². The van der Waals surface area contributed by atoms with Crippen molar-refractivity contribution < 1.29 is 14.7 Å². The summed E-state index contributed by atoms with van der Waals surface area (Å²) in [6.45, 7) is 5.71. The first-order valence-electron chi connectivity index (χ1n) is 8.47. The van der Waals surface area contributed by atoms with Crippen LogP contribution >= 0.6 is 0 Å². The highest BCUT2D eigenvalue weighted by Gasteiger charge is 2.46. The average Bonchev–Trinajstić information content (AvgIpc) is 3.14. The number of carboxylic acid groups (broad SMARTS) is 1. The molecule has 1 aromatic heterocycles. The molecule has 3 rings (SSSR count). The summed E-state index contributed by atoms with van der Waals surface area (Å²) in [7, 11) is 0. The Bertz CT molecular complexity index is 606. The molecular formula is C17H25N3O3. The summed E-state index contributed by atoms with van der Waals surface area (Å²) in [6.07, 6.45) is 3.44. The molecule has 2 unspecified atom stereocenters. The van der Waals surface area contributed by atoms with Crippen LogP contribution < -0.4 is 0 Å². The van der Waals surface area contributed by atoms with Crippen LogP contribution in [0.3, 0.4) is 0 Å². The minimum Gasteiger partial charge on any atom is -0.481 e. The van der Waals surface area contributed by atoms with E-state index in [1.807, 2.05) is 24.6 Å². The third kappa shape index (κ3) is 3.57. The molecule has 1 saturated heterocycles. The third-order valence-corrected chi connectivity index (χ3v) is 5.13. The summed E-state index contributed by atoms with van der Waals surface area (Å²) >= 11 is 0. The molecule has 1 saturated carbocycles. The van der Waals surface area contributed by atoms with Gasteiger partial charge in [0.15, 0.2) is 0 Å². The molecule has 6 heteroatoms. The number of aliphatic carboxylic acids is 1. The zero-order chi connectivity index (χ0) is 16.6. The SMILES string of the molecule is Cc1cc(C)n(CCCC(=O)N2CC(C(=O)O)C(C3CC3)C2)n1. The second-order valence-electron chi connectivity index (χ2n) is 7.00. The molecule has 126 valence electrons. The van der Waals surface area contributed by atoms with Gasteiger partial charge in [0.1, 0.15) is 0 Å². The molecule has 1 aliphatic heterocycles. The van der Waals surface area contributed by atoms with Gasteiger partial charge in [0.2, 0.25) is 5.91 Å². The smallest absolute Gasteiger partial charge is 0.308 e. The van der Waals surface area contributed by atoms with Crippen molar-refractivity contribution in [2.75, 3.05) is 13.1 Å². The van der Waals surface area contributed by atoms with Crippen LogP contribution in [-0.2, 0) is 16.1 Å². The topological polar surface area (TPSA) is 75.4 Å². The standard InChI is InChI=1S/C17H25N3O3/c1-11-8-12(2)20(18-11)7-3-4-16(21)19-9-14(13-5-6-13)15(10-19)17(22)23/h8,13-15H,3-7,9-10H2,1-2H3,(H,22,23). The van der Waals surface area contributed by atoms with E-state index in [4.69, 9.17) is 0 Å². The van der Waals surface area contributed by atoms with E-state index in [-0.39, 0.29) is 17.7 Å². The van der Waals surface area contributed by atoms with Crippen LogP contribution in [-0.4, -0.2) is 44.8 Å². The Morgan fingerprint density at radius 2 is 2.04 bits per heavy atom. The zero-order valence-corrected chi connectivity index (χ0v) is 13.9. The number of carboxylic acids is 1. The van der Waals surface area contributed by atoms with Crippen molar-refractivity contribution >= 4 is 11.9 Å². The van der Waals surface area contributed by atoms with Crippen LogP contribution in [0.1, 0.15) is 37.1 Å². The van der Waals surface area contributed by atoms with Gasteiger partial charge < -0.3 is 10.0 Å². The van der Waals surface area contributed by atoms with Crippen LogP contribution in [0.15, 0.2) is 6.07 Å². The molecule has 2 aliphatic rings. The van der Waals surface area contributed by atoms with Gasteiger partial charge in [0, 0.05) is 31.7 Å². The van der Waals surface area contributed by atoms with Crippen molar-refractivity contribution in [1.82, 2.24) is 14.7 Å². The number of aryl methyl sites for hydroxylation is 3. The predicted octanol–water partition coefficient (Wildman–Crippen LogP) is 1.85. The molecule has 0 spiro atoms. The molecule has 2 atom stereocenters. The number of likely N-dealkylation sites (tertiary alicyclic amines) is 1. The summed E-state index contributed by atoms with van der Waals surface area (Å²) in [6, 6.07) is 2.03. The van der Waals surface area contributed by atoms with Crippen LogP contribution in [0.25, 0.3) is 0 Å². The van der Waals surface area contributed by atoms with Gasteiger partial charge in [-0.1, -0.05) is 0 Å².